The Hall–Kier alpha value is -0.860. The van der Waals surface area contributed by atoms with Crippen molar-refractivity contribution in [1.82, 2.24) is 18.4 Å². The van der Waals surface area contributed by atoms with Crippen LogP contribution in [0.4, 0.5) is 4.79 Å². The van der Waals surface area contributed by atoms with E-state index in [2.05, 4.69) is 0 Å². The average Bonchev–Trinajstić information content (AvgIpc) is 2.63. The van der Waals surface area contributed by atoms with Crippen LogP contribution in [0.3, 0.4) is 0 Å². The third-order valence-corrected chi connectivity index (χ3v) is 7.14. The summed E-state index contributed by atoms with van der Waals surface area (Å²) in [6.45, 7) is 4.78. The van der Waals surface area contributed by atoms with E-state index >= 15 is 0 Å². The number of nitrogens with zero attached hydrogens (tertiary/aromatic N) is 4. The van der Waals surface area contributed by atoms with Crippen molar-refractivity contribution in [1.29, 1.82) is 0 Å². The maximum atomic E-state index is 12.7. The van der Waals surface area contributed by atoms with Gasteiger partial charge in [0.15, 0.2) is 0 Å². The van der Waals surface area contributed by atoms with E-state index in [0.29, 0.717) is 39.3 Å². The van der Waals surface area contributed by atoms with E-state index in [4.69, 9.17) is 0 Å². The van der Waals surface area contributed by atoms with Crippen molar-refractivity contribution in [3.05, 3.63) is 0 Å². The molecule has 0 N–H and O–H groups in total. The Morgan fingerprint density at radius 3 is 1.57 bits per heavy atom. The van der Waals surface area contributed by atoms with E-state index in [1.807, 2.05) is 9.80 Å². The fraction of sp³-hybridized carbons (Fsp3) is 0.933. The summed E-state index contributed by atoms with van der Waals surface area (Å²) in [7, 11) is -3.34. The summed E-state index contributed by atoms with van der Waals surface area (Å²) < 4.78 is 28.5. The Morgan fingerprint density at radius 1 is 0.565 bits per heavy atom. The van der Waals surface area contributed by atoms with Crippen molar-refractivity contribution in [2.75, 3.05) is 52.4 Å². The van der Waals surface area contributed by atoms with Gasteiger partial charge in [-0.1, -0.05) is 6.42 Å². The first-order valence-electron chi connectivity index (χ1n) is 8.88. The smallest absolute Gasteiger partial charge is 0.320 e. The van der Waals surface area contributed by atoms with Gasteiger partial charge in [0.05, 0.1) is 0 Å². The van der Waals surface area contributed by atoms with Crippen LogP contribution in [0.2, 0.25) is 0 Å². The van der Waals surface area contributed by atoms with Gasteiger partial charge in [-0.25, -0.2) is 4.79 Å². The molecule has 0 aromatic heterocycles. The maximum absolute atomic E-state index is 12.7. The van der Waals surface area contributed by atoms with E-state index in [1.165, 1.54) is 6.42 Å². The molecule has 0 spiro atoms. The maximum Gasteiger partial charge on any atom is 0.320 e. The minimum Gasteiger partial charge on any atom is -0.325 e. The Morgan fingerprint density at radius 2 is 1.00 bits per heavy atom. The topological polar surface area (TPSA) is 64.2 Å². The van der Waals surface area contributed by atoms with Crippen molar-refractivity contribution >= 4 is 16.2 Å². The lowest BCUT2D eigenvalue weighted by Gasteiger charge is -2.40. The van der Waals surface area contributed by atoms with Crippen LogP contribution in [0.5, 0.6) is 0 Å². The van der Waals surface area contributed by atoms with Gasteiger partial charge in [-0.05, 0) is 32.1 Å². The van der Waals surface area contributed by atoms with Crippen LogP contribution in [0.15, 0.2) is 0 Å². The molecule has 0 aromatic carbocycles. The molecular weight excluding hydrogens is 316 g/mol. The number of likely N-dealkylation sites (tertiary alicyclic amines) is 1. The van der Waals surface area contributed by atoms with E-state index in [1.54, 1.807) is 8.61 Å². The fourth-order valence-corrected chi connectivity index (χ4v) is 5.33. The van der Waals surface area contributed by atoms with Crippen LogP contribution in [0.1, 0.15) is 38.5 Å². The number of carbonyl (C=O) groups excluding carboxylic acids is 1. The van der Waals surface area contributed by atoms with E-state index in [-0.39, 0.29) is 6.03 Å². The second kappa shape index (κ2) is 7.36. The van der Waals surface area contributed by atoms with E-state index < -0.39 is 10.2 Å². The second-order valence-electron chi connectivity index (χ2n) is 6.68. The van der Waals surface area contributed by atoms with Crippen LogP contribution in [-0.2, 0) is 10.2 Å². The first-order chi connectivity index (χ1) is 11.1. The van der Waals surface area contributed by atoms with Crippen LogP contribution in [-0.4, -0.2) is 85.2 Å². The lowest BCUT2D eigenvalue weighted by atomic mass is 10.1. The standard InChI is InChI=1S/C15H28N4O3S/c20-15(16-7-3-1-4-8-16)17-11-13-19(14-12-17)23(21,22)18-9-5-2-6-10-18/h1-14H2. The largest absolute Gasteiger partial charge is 0.325 e. The number of piperidine rings is 2. The molecule has 0 unspecified atom stereocenters. The highest BCUT2D eigenvalue weighted by Gasteiger charge is 2.34. The molecule has 3 fully saturated rings. The Kier molecular flexibility index (Phi) is 5.43. The van der Waals surface area contributed by atoms with Crippen LogP contribution in [0, 0.1) is 0 Å². The number of carbonyl (C=O) groups is 1. The normalized spacial score (nSPS) is 25.6. The van der Waals surface area contributed by atoms with E-state index in [9.17, 15) is 13.2 Å². The number of piperazine rings is 1. The molecule has 0 aromatic rings. The summed E-state index contributed by atoms with van der Waals surface area (Å²) in [4.78, 5) is 16.2. The highest BCUT2D eigenvalue weighted by molar-refractivity contribution is 7.86. The molecule has 7 nitrogen and oxygen atoms in total. The molecule has 0 bridgehead atoms. The lowest BCUT2D eigenvalue weighted by Crippen LogP contribution is -2.57. The van der Waals surface area contributed by atoms with Gasteiger partial charge in [-0.15, -0.1) is 0 Å². The summed E-state index contributed by atoms with van der Waals surface area (Å²) in [5, 5.41) is 0. The SMILES string of the molecule is O=C(N1CCCCC1)N1CCN(S(=O)(=O)N2CCCCC2)CC1. The molecule has 2 amide bonds. The van der Waals surface area contributed by atoms with Gasteiger partial charge in [-0.3, -0.25) is 0 Å². The number of hydrogen-bond acceptors (Lipinski definition) is 3. The van der Waals surface area contributed by atoms with Crippen molar-refractivity contribution in [3.63, 3.8) is 0 Å². The van der Waals surface area contributed by atoms with Crippen LogP contribution < -0.4 is 0 Å². The molecule has 0 radical (unpaired) electrons. The molecule has 3 aliphatic heterocycles. The average molecular weight is 344 g/mol. The molecule has 3 rings (SSSR count). The van der Waals surface area contributed by atoms with Crippen molar-refractivity contribution in [2.45, 2.75) is 38.5 Å². The Labute approximate surface area is 139 Å². The molecular formula is C15H28N4O3S. The number of hydrogen-bond donors (Lipinski definition) is 0. The fourth-order valence-electron chi connectivity index (χ4n) is 3.65. The number of amides is 2. The van der Waals surface area contributed by atoms with Crippen molar-refractivity contribution in [2.24, 2.45) is 0 Å². The minimum atomic E-state index is -3.34. The number of urea groups is 1. The highest BCUT2D eigenvalue weighted by Crippen LogP contribution is 2.19. The monoisotopic (exact) mass is 344 g/mol. The van der Waals surface area contributed by atoms with Gasteiger partial charge in [0.1, 0.15) is 0 Å². The lowest BCUT2D eigenvalue weighted by molar-refractivity contribution is 0.125. The minimum absolute atomic E-state index is 0.0831. The van der Waals surface area contributed by atoms with Crippen LogP contribution >= 0.6 is 0 Å². The second-order valence-corrected chi connectivity index (χ2v) is 8.61. The molecule has 3 heterocycles. The zero-order chi connectivity index (χ0) is 16.3. The molecule has 3 saturated heterocycles. The summed E-state index contributed by atoms with van der Waals surface area (Å²) in [5.41, 5.74) is 0. The Balaban J connectivity index is 1.54. The van der Waals surface area contributed by atoms with E-state index in [0.717, 1.165) is 45.2 Å². The molecule has 0 aliphatic carbocycles. The summed E-state index contributed by atoms with van der Waals surface area (Å²) in [6, 6.07) is 0.0831. The molecule has 0 saturated carbocycles. The predicted molar refractivity (Wildman–Crippen MR) is 88.3 cm³/mol. The summed E-state index contributed by atoms with van der Waals surface area (Å²) in [5.74, 6) is 0. The third-order valence-electron chi connectivity index (χ3n) is 5.10. The van der Waals surface area contributed by atoms with Crippen LogP contribution in [0.25, 0.3) is 0 Å². The summed E-state index contributed by atoms with van der Waals surface area (Å²) >= 11 is 0. The molecule has 8 heteroatoms. The van der Waals surface area contributed by atoms with Gasteiger partial charge >= 0.3 is 6.03 Å². The van der Waals surface area contributed by atoms with Crippen molar-refractivity contribution in [3.8, 4) is 0 Å². The zero-order valence-electron chi connectivity index (χ0n) is 13.8. The zero-order valence-corrected chi connectivity index (χ0v) is 14.6. The number of rotatable bonds is 2. The van der Waals surface area contributed by atoms with Gasteiger partial charge in [0, 0.05) is 52.4 Å². The quantitative estimate of drug-likeness (QED) is 0.749. The van der Waals surface area contributed by atoms with Gasteiger partial charge in [-0.2, -0.15) is 17.0 Å². The van der Waals surface area contributed by atoms with Crippen molar-refractivity contribution < 1.29 is 13.2 Å². The third kappa shape index (κ3) is 3.80. The van der Waals surface area contributed by atoms with Gasteiger partial charge in [0.25, 0.3) is 10.2 Å². The highest BCUT2D eigenvalue weighted by atomic mass is 32.2. The van der Waals surface area contributed by atoms with Gasteiger partial charge < -0.3 is 9.80 Å². The predicted octanol–water partition coefficient (Wildman–Crippen LogP) is 0.941. The first kappa shape index (κ1) is 17.0. The molecule has 3 aliphatic rings. The Bertz CT molecular complexity index is 505. The van der Waals surface area contributed by atoms with Gasteiger partial charge in [0.2, 0.25) is 0 Å². The molecule has 23 heavy (non-hydrogen) atoms. The molecule has 132 valence electrons. The first-order valence-corrected chi connectivity index (χ1v) is 10.3. The summed E-state index contributed by atoms with van der Waals surface area (Å²) in [6.07, 6.45) is 6.37. The molecule has 0 atom stereocenters.